The summed E-state index contributed by atoms with van der Waals surface area (Å²) >= 11 is 3.58. The van der Waals surface area contributed by atoms with Crippen molar-refractivity contribution >= 4 is 35.1 Å². The Morgan fingerprint density at radius 3 is 2.94 bits per heavy atom. The Balaban J connectivity index is 2.42. The summed E-state index contributed by atoms with van der Waals surface area (Å²) in [4.78, 5) is 12.6. The summed E-state index contributed by atoms with van der Waals surface area (Å²) in [5.74, 6) is 2.00. The number of thioether (sulfide) groups is 1. The van der Waals surface area contributed by atoms with Gasteiger partial charge in [0.05, 0.1) is 0 Å². The van der Waals surface area contributed by atoms with Crippen LogP contribution in [0.3, 0.4) is 0 Å². The highest BCUT2D eigenvalue weighted by atomic mass is 32.2. The lowest BCUT2D eigenvalue weighted by molar-refractivity contribution is -0.131. The van der Waals surface area contributed by atoms with Gasteiger partial charge in [-0.1, -0.05) is 13.8 Å². The van der Waals surface area contributed by atoms with E-state index < -0.39 is 5.97 Å². The summed E-state index contributed by atoms with van der Waals surface area (Å²) < 4.78 is 0. The van der Waals surface area contributed by atoms with Crippen molar-refractivity contribution in [3.8, 4) is 0 Å². The third-order valence-electron chi connectivity index (χ3n) is 1.77. The van der Waals surface area contributed by atoms with Crippen molar-refractivity contribution in [3.63, 3.8) is 0 Å². The Morgan fingerprint density at radius 1 is 1.56 bits per heavy atom. The molecular weight excluding hydrogens is 240 g/mol. The molecule has 2 nitrogen and oxygen atoms in total. The van der Waals surface area contributed by atoms with Gasteiger partial charge in [0.2, 0.25) is 0 Å². The predicted molar refractivity (Wildman–Crippen MR) is 72.0 cm³/mol. The molecule has 4 heteroatoms. The molecule has 1 aromatic rings. The van der Waals surface area contributed by atoms with Gasteiger partial charge in [-0.3, -0.25) is 0 Å². The van der Waals surface area contributed by atoms with E-state index in [0.29, 0.717) is 0 Å². The number of aliphatic carboxylic acids is 1. The van der Waals surface area contributed by atoms with Crippen LogP contribution in [-0.2, 0) is 10.5 Å². The Hall–Kier alpha value is -0.740. The van der Waals surface area contributed by atoms with E-state index in [2.05, 4.69) is 19.9 Å². The molecule has 0 spiro atoms. The fraction of sp³-hybridized carbons (Fsp3) is 0.417. The Bertz CT molecular complexity index is 367. The van der Waals surface area contributed by atoms with Gasteiger partial charge in [-0.15, -0.1) is 11.3 Å². The van der Waals surface area contributed by atoms with Crippen molar-refractivity contribution in [1.82, 2.24) is 0 Å². The quantitative estimate of drug-likeness (QED) is 0.788. The molecule has 0 aliphatic rings. The van der Waals surface area contributed by atoms with E-state index in [0.717, 1.165) is 22.3 Å². The number of rotatable bonds is 6. The van der Waals surface area contributed by atoms with Gasteiger partial charge < -0.3 is 5.11 Å². The third kappa shape index (κ3) is 5.37. The predicted octanol–water partition coefficient (Wildman–Crippen LogP) is 3.74. The monoisotopic (exact) mass is 256 g/mol. The van der Waals surface area contributed by atoms with E-state index >= 15 is 0 Å². The SMILES string of the molecule is CC(C)CSCc1ccc(C=CC(=O)O)s1. The Kier molecular flexibility index (Phi) is 5.63. The number of hydrogen-bond acceptors (Lipinski definition) is 3. The summed E-state index contributed by atoms with van der Waals surface area (Å²) in [5, 5.41) is 8.50. The van der Waals surface area contributed by atoms with E-state index in [4.69, 9.17) is 5.11 Å². The van der Waals surface area contributed by atoms with Gasteiger partial charge in [-0.05, 0) is 29.9 Å². The molecule has 0 aliphatic heterocycles. The van der Waals surface area contributed by atoms with Crippen LogP contribution in [-0.4, -0.2) is 16.8 Å². The van der Waals surface area contributed by atoms with E-state index in [1.807, 2.05) is 17.8 Å². The standard InChI is InChI=1S/C12H16O2S2/c1-9(2)7-15-8-11-4-3-10(16-11)5-6-12(13)14/h3-6,9H,7-8H2,1-2H3,(H,13,14). The van der Waals surface area contributed by atoms with Crippen molar-refractivity contribution in [2.75, 3.05) is 5.75 Å². The zero-order chi connectivity index (χ0) is 12.0. The molecule has 1 rings (SSSR count). The maximum Gasteiger partial charge on any atom is 0.328 e. The first-order chi connectivity index (χ1) is 7.58. The summed E-state index contributed by atoms with van der Waals surface area (Å²) in [7, 11) is 0. The highest BCUT2D eigenvalue weighted by Gasteiger charge is 2.00. The lowest BCUT2D eigenvalue weighted by Crippen LogP contribution is -1.90. The highest BCUT2D eigenvalue weighted by molar-refractivity contribution is 7.98. The van der Waals surface area contributed by atoms with Crippen LogP contribution in [0, 0.1) is 5.92 Å². The fourth-order valence-corrected chi connectivity index (χ4v) is 3.19. The molecule has 1 aromatic heterocycles. The molecule has 0 bridgehead atoms. The number of carbonyl (C=O) groups is 1. The van der Waals surface area contributed by atoms with Gasteiger partial charge >= 0.3 is 5.97 Å². The molecule has 0 aromatic carbocycles. The minimum absolute atomic E-state index is 0.719. The molecule has 0 saturated carbocycles. The summed E-state index contributed by atoms with van der Waals surface area (Å²) in [6.45, 7) is 4.42. The maximum atomic E-state index is 10.3. The van der Waals surface area contributed by atoms with E-state index in [-0.39, 0.29) is 0 Å². The first kappa shape index (κ1) is 13.3. The second-order valence-electron chi connectivity index (χ2n) is 3.88. The largest absolute Gasteiger partial charge is 0.478 e. The second kappa shape index (κ2) is 6.76. The van der Waals surface area contributed by atoms with Crippen molar-refractivity contribution < 1.29 is 9.90 Å². The second-order valence-corrected chi connectivity index (χ2v) is 6.11. The van der Waals surface area contributed by atoms with Crippen molar-refractivity contribution in [3.05, 3.63) is 28.0 Å². The lowest BCUT2D eigenvalue weighted by Gasteiger charge is -2.01. The van der Waals surface area contributed by atoms with Gasteiger partial charge in [0.25, 0.3) is 0 Å². The minimum Gasteiger partial charge on any atom is -0.478 e. The topological polar surface area (TPSA) is 37.3 Å². The molecule has 0 radical (unpaired) electrons. The van der Waals surface area contributed by atoms with E-state index in [9.17, 15) is 4.79 Å². The minimum atomic E-state index is -0.899. The number of carboxylic acid groups (broad SMARTS) is 1. The zero-order valence-corrected chi connectivity index (χ0v) is 11.1. The molecule has 0 aliphatic carbocycles. The van der Waals surface area contributed by atoms with Crippen LogP contribution < -0.4 is 0 Å². The van der Waals surface area contributed by atoms with Gasteiger partial charge in [0.1, 0.15) is 0 Å². The summed E-state index contributed by atoms with van der Waals surface area (Å²) in [6, 6.07) is 4.04. The molecule has 1 N–H and O–H groups in total. The normalized spacial score (nSPS) is 11.4. The van der Waals surface area contributed by atoms with Crippen molar-refractivity contribution in [2.24, 2.45) is 5.92 Å². The number of carboxylic acids is 1. The lowest BCUT2D eigenvalue weighted by atomic mass is 10.3. The molecule has 0 unspecified atom stereocenters. The molecule has 16 heavy (non-hydrogen) atoms. The van der Waals surface area contributed by atoms with Crippen LogP contribution >= 0.6 is 23.1 Å². The number of thiophene rings is 1. The molecule has 0 atom stereocenters. The van der Waals surface area contributed by atoms with Gasteiger partial charge in [0, 0.05) is 21.6 Å². The number of hydrogen-bond donors (Lipinski definition) is 1. The average Bonchev–Trinajstić information content (AvgIpc) is 2.62. The first-order valence-electron chi connectivity index (χ1n) is 5.15. The summed E-state index contributed by atoms with van der Waals surface area (Å²) in [6.07, 6.45) is 2.82. The molecule has 0 fully saturated rings. The Labute approximate surface area is 104 Å². The molecule has 1 heterocycles. The zero-order valence-electron chi connectivity index (χ0n) is 9.47. The van der Waals surface area contributed by atoms with Gasteiger partial charge in [0.15, 0.2) is 0 Å². The van der Waals surface area contributed by atoms with Gasteiger partial charge in [-0.25, -0.2) is 4.79 Å². The van der Waals surface area contributed by atoms with Crippen molar-refractivity contribution in [2.45, 2.75) is 19.6 Å². The maximum absolute atomic E-state index is 10.3. The first-order valence-corrected chi connectivity index (χ1v) is 7.12. The average molecular weight is 256 g/mol. The van der Waals surface area contributed by atoms with Gasteiger partial charge in [-0.2, -0.15) is 11.8 Å². The van der Waals surface area contributed by atoms with Crippen LogP contribution in [0.25, 0.3) is 6.08 Å². The molecule has 0 saturated heterocycles. The third-order valence-corrected chi connectivity index (χ3v) is 4.42. The summed E-state index contributed by atoms with van der Waals surface area (Å²) in [5.41, 5.74) is 0. The van der Waals surface area contributed by atoms with Crippen LogP contribution in [0.15, 0.2) is 18.2 Å². The van der Waals surface area contributed by atoms with Crippen LogP contribution in [0.2, 0.25) is 0 Å². The van der Waals surface area contributed by atoms with E-state index in [1.165, 1.54) is 11.0 Å². The molecule has 88 valence electrons. The van der Waals surface area contributed by atoms with E-state index in [1.54, 1.807) is 17.4 Å². The molecular formula is C12H16O2S2. The highest BCUT2D eigenvalue weighted by Crippen LogP contribution is 2.23. The van der Waals surface area contributed by atoms with Crippen LogP contribution in [0.4, 0.5) is 0 Å². The smallest absolute Gasteiger partial charge is 0.328 e. The van der Waals surface area contributed by atoms with Crippen molar-refractivity contribution in [1.29, 1.82) is 0 Å². The van der Waals surface area contributed by atoms with Crippen LogP contribution in [0.1, 0.15) is 23.6 Å². The fourth-order valence-electron chi connectivity index (χ4n) is 1.11. The van der Waals surface area contributed by atoms with Crippen LogP contribution in [0.5, 0.6) is 0 Å². The Morgan fingerprint density at radius 2 is 2.31 bits per heavy atom. The molecule has 0 amide bonds.